The topological polar surface area (TPSA) is 50.4 Å². The Morgan fingerprint density at radius 3 is 2.89 bits per heavy atom. The molecule has 3 atom stereocenters. The lowest BCUT2D eigenvalue weighted by molar-refractivity contribution is 0.389. The predicted octanol–water partition coefficient (Wildman–Crippen LogP) is 2.55. The van der Waals surface area contributed by atoms with Crippen molar-refractivity contribution in [1.29, 1.82) is 0 Å². The number of benzene rings is 1. The molecule has 1 saturated carbocycles. The van der Waals surface area contributed by atoms with Crippen molar-refractivity contribution in [3.63, 3.8) is 0 Å². The van der Waals surface area contributed by atoms with Crippen molar-refractivity contribution in [3.05, 3.63) is 41.5 Å². The Balaban J connectivity index is 1.86. The Bertz CT molecular complexity index is 502. The molecule has 3 nitrogen and oxygen atoms in total. The van der Waals surface area contributed by atoms with Crippen LogP contribution in [0.15, 0.2) is 41.0 Å². The number of nitrogens with two attached hydrogens (primary N) is 1. The van der Waals surface area contributed by atoms with Crippen LogP contribution in [0, 0.1) is 5.92 Å². The van der Waals surface area contributed by atoms with Gasteiger partial charge in [-0.3, -0.25) is 0 Å². The first kappa shape index (κ1) is 12.4. The number of nitrogens with zero attached hydrogens (tertiary/aromatic N) is 1. The number of fused-ring (bicyclic) bond motifs is 1. The van der Waals surface area contributed by atoms with Gasteiger partial charge in [-0.05, 0) is 43.4 Å². The van der Waals surface area contributed by atoms with Crippen LogP contribution in [0.1, 0.15) is 31.7 Å². The van der Waals surface area contributed by atoms with Crippen LogP contribution >= 0.6 is 0 Å². The van der Waals surface area contributed by atoms with Gasteiger partial charge in [-0.1, -0.05) is 30.3 Å². The highest BCUT2D eigenvalue weighted by Crippen LogP contribution is 2.33. The van der Waals surface area contributed by atoms with E-state index < -0.39 is 0 Å². The summed E-state index contributed by atoms with van der Waals surface area (Å²) in [7, 11) is 0. The second kappa shape index (κ2) is 5.17. The lowest BCUT2D eigenvalue weighted by Crippen LogP contribution is -2.44. The van der Waals surface area contributed by atoms with Crippen LogP contribution in [0.5, 0.6) is 0 Å². The second-order valence-electron chi connectivity index (χ2n) is 5.59. The number of rotatable bonds is 2. The molecule has 2 aliphatic rings. The fraction of sp³-hybridized carbons (Fsp3) is 0.438. The van der Waals surface area contributed by atoms with Gasteiger partial charge in [0, 0.05) is 12.0 Å². The summed E-state index contributed by atoms with van der Waals surface area (Å²) in [5.41, 5.74) is 13.1. The maximum absolute atomic E-state index is 6.05. The molecular formula is C16H21N3. The number of hydrazone groups is 1. The van der Waals surface area contributed by atoms with Gasteiger partial charge in [-0.25, -0.2) is 0 Å². The Morgan fingerprint density at radius 1 is 1.37 bits per heavy atom. The van der Waals surface area contributed by atoms with Crippen LogP contribution < -0.4 is 11.2 Å². The summed E-state index contributed by atoms with van der Waals surface area (Å²) in [6, 6.07) is 10.9. The first-order valence-electron chi connectivity index (χ1n) is 7.10. The second-order valence-corrected chi connectivity index (χ2v) is 5.59. The van der Waals surface area contributed by atoms with Crippen LogP contribution in [-0.2, 0) is 0 Å². The number of hydrogen-bond donors (Lipinski definition) is 2. The molecule has 0 amide bonds. The minimum atomic E-state index is 0.141. The van der Waals surface area contributed by atoms with Gasteiger partial charge in [0.2, 0.25) is 0 Å². The van der Waals surface area contributed by atoms with Gasteiger partial charge >= 0.3 is 0 Å². The molecule has 1 fully saturated rings. The molecule has 1 aliphatic carbocycles. The van der Waals surface area contributed by atoms with Crippen molar-refractivity contribution in [2.45, 2.75) is 38.3 Å². The van der Waals surface area contributed by atoms with Gasteiger partial charge in [-0.2, -0.15) is 5.10 Å². The van der Waals surface area contributed by atoms with Crippen molar-refractivity contribution in [1.82, 2.24) is 5.43 Å². The Morgan fingerprint density at radius 2 is 2.16 bits per heavy atom. The SMILES string of the molecule is CC(N)C1NN=C2C(=Cc3ccccc3)CCCC21. The van der Waals surface area contributed by atoms with Crippen LogP contribution in [0.2, 0.25) is 0 Å². The van der Waals surface area contributed by atoms with E-state index in [9.17, 15) is 0 Å². The third kappa shape index (κ3) is 2.43. The highest BCUT2D eigenvalue weighted by atomic mass is 15.3. The minimum absolute atomic E-state index is 0.141. The van der Waals surface area contributed by atoms with Crippen molar-refractivity contribution in [2.24, 2.45) is 16.8 Å². The molecule has 3 unspecified atom stereocenters. The van der Waals surface area contributed by atoms with Crippen LogP contribution in [0.3, 0.4) is 0 Å². The van der Waals surface area contributed by atoms with Crippen molar-refractivity contribution >= 4 is 11.8 Å². The largest absolute Gasteiger partial charge is 0.326 e. The third-order valence-electron chi connectivity index (χ3n) is 4.12. The summed E-state index contributed by atoms with van der Waals surface area (Å²) in [5, 5.41) is 4.56. The fourth-order valence-electron chi connectivity index (χ4n) is 3.13. The Labute approximate surface area is 114 Å². The van der Waals surface area contributed by atoms with Gasteiger partial charge in [0.05, 0.1) is 11.8 Å². The molecule has 3 heteroatoms. The monoisotopic (exact) mass is 255 g/mol. The molecule has 0 saturated heterocycles. The number of allylic oxidation sites excluding steroid dienone is 1. The van der Waals surface area contributed by atoms with Crippen molar-refractivity contribution in [2.75, 3.05) is 0 Å². The summed E-state index contributed by atoms with van der Waals surface area (Å²) in [4.78, 5) is 0. The summed E-state index contributed by atoms with van der Waals surface area (Å²) in [6.07, 6.45) is 5.82. The molecule has 1 aliphatic heterocycles. The maximum atomic E-state index is 6.05. The van der Waals surface area contributed by atoms with E-state index in [1.54, 1.807) is 0 Å². The van der Waals surface area contributed by atoms with Gasteiger partial charge in [-0.15, -0.1) is 0 Å². The molecule has 0 radical (unpaired) electrons. The van der Waals surface area contributed by atoms with Crippen molar-refractivity contribution in [3.8, 4) is 0 Å². The maximum Gasteiger partial charge on any atom is 0.0687 e. The van der Waals surface area contributed by atoms with E-state index in [0.29, 0.717) is 12.0 Å². The van der Waals surface area contributed by atoms with Crippen LogP contribution in [0.4, 0.5) is 0 Å². The first-order chi connectivity index (χ1) is 9.25. The van der Waals surface area contributed by atoms with Crippen LogP contribution in [-0.4, -0.2) is 17.8 Å². The first-order valence-corrected chi connectivity index (χ1v) is 7.10. The Hall–Kier alpha value is -1.61. The molecule has 1 aromatic carbocycles. The van der Waals surface area contributed by atoms with Gasteiger partial charge in [0.15, 0.2) is 0 Å². The van der Waals surface area contributed by atoms with E-state index in [4.69, 9.17) is 5.73 Å². The summed E-state index contributed by atoms with van der Waals surface area (Å²) in [5.74, 6) is 0.490. The zero-order valence-electron chi connectivity index (χ0n) is 11.3. The Kier molecular flexibility index (Phi) is 3.38. The van der Waals surface area contributed by atoms with Gasteiger partial charge < -0.3 is 11.2 Å². The molecule has 1 heterocycles. The molecule has 0 spiro atoms. The number of hydrogen-bond acceptors (Lipinski definition) is 3. The lowest BCUT2D eigenvalue weighted by Gasteiger charge is -2.28. The standard InChI is InChI=1S/C16H21N3/c1-11(17)15-14-9-5-8-13(16(14)19-18-15)10-12-6-3-2-4-7-12/h2-4,6-7,10-11,14-15,18H,5,8-9,17H2,1H3. The molecule has 0 aromatic heterocycles. The molecular weight excluding hydrogens is 234 g/mol. The molecule has 19 heavy (non-hydrogen) atoms. The van der Waals surface area contributed by atoms with E-state index in [0.717, 1.165) is 6.42 Å². The molecule has 0 bridgehead atoms. The third-order valence-corrected chi connectivity index (χ3v) is 4.12. The molecule has 3 N–H and O–H groups in total. The van der Waals surface area contributed by atoms with Crippen LogP contribution in [0.25, 0.3) is 6.08 Å². The normalized spacial score (nSPS) is 29.6. The minimum Gasteiger partial charge on any atom is -0.326 e. The average molecular weight is 255 g/mol. The highest BCUT2D eigenvalue weighted by molar-refractivity contribution is 6.07. The number of nitrogens with one attached hydrogen (secondary N) is 1. The van der Waals surface area contributed by atoms with Gasteiger partial charge in [0.1, 0.15) is 0 Å². The lowest BCUT2D eigenvalue weighted by atomic mass is 9.78. The van der Waals surface area contributed by atoms with Crippen molar-refractivity contribution < 1.29 is 0 Å². The van der Waals surface area contributed by atoms with E-state index in [-0.39, 0.29) is 6.04 Å². The predicted molar refractivity (Wildman–Crippen MR) is 79.8 cm³/mol. The van der Waals surface area contributed by atoms with E-state index in [1.165, 1.54) is 29.7 Å². The average Bonchev–Trinajstić information content (AvgIpc) is 2.85. The van der Waals surface area contributed by atoms with E-state index in [2.05, 4.69) is 47.8 Å². The van der Waals surface area contributed by atoms with Gasteiger partial charge in [0.25, 0.3) is 0 Å². The fourth-order valence-corrected chi connectivity index (χ4v) is 3.13. The van der Waals surface area contributed by atoms with E-state index >= 15 is 0 Å². The molecule has 1 aromatic rings. The zero-order valence-corrected chi connectivity index (χ0v) is 11.3. The smallest absolute Gasteiger partial charge is 0.0687 e. The quantitative estimate of drug-likeness (QED) is 0.853. The summed E-state index contributed by atoms with van der Waals surface area (Å²) < 4.78 is 0. The summed E-state index contributed by atoms with van der Waals surface area (Å²) >= 11 is 0. The zero-order chi connectivity index (χ0) is 13.2. The molecule has 3 rings (SSSR count). The summed E-state index contributed by atoms with van der Waals surface area (Å²) in [6.45, 7) is 2.06. The molecule has 100 valence electrons. The highest BCUT2D eigenvalue weighted by Gasteiger charge is 2.37. The van der Waals surface area contributed by atoms with E-state index in [1.807, 2.05) is 6.07 Å².